The number of benzene rings is 4. The molecule has 0 bridgehead atoms. The first-order valence-corrected chi connectivity index (χ1v) is 8.73. The number of para-hydroxylation sites is 1. The van der Waals surface area contributed by atoms with Crippen LogP contribution in [-0.4, -0.2) is 15.2 Å². The number of hydrogen-bond acceptors (Lipinski definition) is 5. The number of nitrogens with one attached hydrogen (secondary N) is 1. The van der Waals surface area contributed by atoms with Crippen LogP contribution in [-0.2, 0) is 0 Å². The van der Waals surface area contributed by atoms with Crippen molar-refractivity contribution in [3.05, 3.63) is 69.0 Å². The van der Waals surface area contributed by atoms with Gasteiger partial charge in [0.2, 0.25) is 5.43 Å². The van der Waals surface area contributed by atoms with Gasteiger partial charge in [0.1, 0.15) is 11.5 Å². The van der Waals surface area contributed by atoms with E-state index in [0.717, 1.165) is 10.2 Å². The summed E-state index contributed by atoms with van der Waals surface area (Å²) in [4.78, 5) is 29.2. The molecule has 126 valence electrons. The third-order valence-electron chi connectivity index (χ3n) is 4.61. The van der Waals surface area contributed by atoms with Crippen molar-refractivity contribution in [1.82, 2.24) is 4.98 Å². The van der Waals surface area contributed by atoms with Gasteiger partial charge >= 0.3 is 0 Å². The quantitative estimate of drug-likeness (QED) is 0.289. The number of phenolic OH excluding ortho intramolecular Hbond substituents is 2. The van der Waals surface area contributed by atoms with E-state index in [1.807, 2.05) is 24.3 Å². The predicted octanol–water partition coefficient (Wildman–Crippen LogP) is 3.82. The van der Waals surface area contributed by atoms with Gasteiger partial charge in [-0.25, -0.2) is 0 Å². The second kappa shape index (κ2) is 5.06. The lowest BCUT2D eigenvalue weighted by Crippen LogP contribution is -2.13. The minimum atomic E-state index is -0.479. The van der Waals surface area contributed by atoms with Crippen LogP contribution in [0.1, 0.15) is 0 Å². The molecule has 4 aromatic carbocycles. The molecule has 0 aliphatic heterocycles. The number of aromatic nitrogens is 1. The Labute approximate surface area is 149 Å². The zero-order valence-electron chi connectivity index (χ0n) is 13.2. The number of rotatable bonds is 0. The monoisotopic (exact) mass is 361 g/mol. The smallest absolute Gasteiger partial charge is 0.200 e. The Morgan fingerprint density at radius 3 is 2.42 bits per heavy atom. The van der Waals surface area contributed by atoms with Crippen LogP contribution < -0.4 is 10.9 Å². The number of H-pyrrole nitrogens is 1. The highest BCUT2D eigenvalue weighted by Crippen LogP contribution is 2.35. The SMILES string of the molecule is O=c1c2cccc(O)c2c(=O)c2c1c(O)cc1sc3ccccc3[nH]c12. The summed E-state index contributed by atoms with van der Waals surface area (Å²) in [6.07, 6.45) is 0. The number of aromatic amines is 1. The summed E-state index contributed by atoms with van der Waals surface area (Å²) in [5.74, 6) is -0.479. The van der Waals surface area contributed by atoms with Crippen LogP contribution in [0, 0.1) is 0 Å². The van der Waals surface area contributed by atoms with Crippen molar-refractivity contribution >= 4 is 53.3 Å². The molecule has 1 heterocycles. The minimum absolute atomic E-state index is 0.0246. The third kappa shape index (κ3) is 1.84. The van der Waals surface area contributed by atoms with Gasteiger partial charge in [-0.1, -0.05) is 24.3 Å². The average Bonchev–Trinajstić information content (AvgIpc) is 2.63. The highest BCUT2D eigenvalue weighted by Gasteiger charge is 2.19. The van der Waals surface area contributed by atoms with Gasteiger partial charge in [-0.15, -0.1) is 11.3 Å². The van der Waals surface area contributed by atoms with Crippen LogP contribution in [0.5, 0.6) is 11.5 Å². The summed E-state index contributed by atoms with van der Waals surface area (Å²) in [7, 11) is 0. The summed E-state index contributed by atoms with van der Waals surface area (Å²) >= 11 is 1.41. The van der Waals surface area contributed by atoms with Gasteiger partial charge in [-0.05, 0) is 18.2 Å². The van der Waals surface area contributed by atoms with E-state index in [9.17, 15) is 19.8 Å². The fourth-order valence-electron chi connectivity index (χ4n) is 3.45. The molecule has 0 unspecified atom stereocenters. The zero-order valence-corrected chi connectivity index (χ0v) is 14.1. The molecule has 1 aromatic heterocycles. The van der Waals surface area contributed by atoms with Crippen molar-refractivity contribution in [2.75, 3.05) is 0 Å². The highest BCUT2D eigenvalue weighted by molar-refractivity contribution is 7.24. The molecule has 0 aliphatic rings. The number of aromatic hydroxyl groups is 2. The standard InChI is InChI=1S/C20H11NO4S/c22-11-6-3-4-9-15(11)20(25)17-16(19(9)24)12(23)8-14-18(17)21-10-5-1-2-7-13(10)26-14/h1-8,21-23H. The highest BCUT2D eigenvalue weighted by atomic mass is 32.1. The van der Waals surface area contributed by atoms with E-state index >= 15 is 0 Å². The van der Waals surface area contributed by atoms with Gasteiger partial charge in [0, 0.05) is 11.5 Å². The van der Waals surface area contributed by atoms with Crippen LogP contribution in [0.2, 0.25) is 0 Å². The molecule has 0 atom stereocenters. The van der Waals surface area contributed by atoms with E-state index in [0.29, 0.717) is 10.2 Å². The predicted molar refractivity (Wildman–Crippen MR) is 105 cm³/mol. The van der Waals surface area contributed by atoms with Crippen molar-refractivity contribution < 1.29 is 10.2 Å². The van der Waals surface area contributed by atoms with Crippen molar-refractivity contribution in [3.8, 4) is 11.5 Å². The molecule has 3 N–H and O–H groups in total. The largest absolute Gasteiger partial charge is 0.507 e. The Morgan fingerprint density at radius 1 is 0.769 bits per heavy atom. The lowest BCUT2D eigenvalue weighted by Gasteiger charge is -2.09. The minimum Gasteiger partial charge on any atom is -0.507 e. The molecule has 0 saturated carbocycles. The van der Waals surface area contributed by atoms with Gasteiger partial charge < -0.3 is 15.2 Å². The molecule has 5 aromatic rings. The van der Waals surface area contributed by atoms with E-state index in [-0.39, 0.29) is 33.0 Å². The second-order valence-electron chi connectivity index (χ2n) is 6.10. The van der Waals surface area contributed by atoms with E-state index in [1.165, 1.54) is 35.6 Å². The molecule has 0 amide bonds. The summed E-state index contributed by atoms with van der Waals surface area (Å²) in [6.45, 7) is 0. The van der Waals surface area contributed by atoms with Gasteiger partial charge in [0.25, 0.3) is 0 Å². The van der Waals surface area contributed by atoms with Crippen LogP contribution in [0.25, 0.3) is 42.0 Å². The maximum Gasteiger partial charge on any atom is 0.200 e. The summed E-state index contributed by atoms with van der Waals surface area (Å²) in [5, 5.41) is 20.8. The lowest BCUT2D eigenvalue weighted by molar-refractivity contribution is 0.480. The molecule has 26 heavy (non-hydrogen) atoms. The summed E-state index contributed by atoms with van der Waals surface area (Å²) in [5.41, 5.74) is 0.346. The molecule has 0 fully saturated rings. The molecule has 5 nitrogen and oxygen atoms in total. The zero-order chi connectivity index (χ0) is 18.0. The Balaban J connectivity index is 2.18. The van der Waals surface area contributed by atoms with E-state index in [2.05, 4.69) is 4.98 Å². The van der Waals surface area contributed by atoms with Crippen molar-refractivity contribution in [2.24, 2.45) is 0 Å². The normalized spacial score (nSPS) is 11.7. The summed E-state index contributed by atoms with van der Waals surface area (Å²) < 4.78 is 1.61. The van der Waals surface area contributed by atoms with Crippen LogP contribution >= 0.6 is 11.3 Å². The number of fused-ring (bicyclic) bond motifs is 5. The fraction of sp³-hybridized carbons (Fsp3) is 0. The molecular formula is C20H11NO4S. The third-order valence-corrected chi connectivity index (χ3v) is 5.72. The molecule has 0 aliphatic carbocycles. The summed E-state index contributed by atoms with van der Waals surface area (Å²) in [6, 6.07) is 13.4. The van der Waals surface area contributed by atoms with Crippen molar-refractivity contribution in [3.63, 3.8) is 0 Å². The molecule has 0 radical (unpaired) electrons. The van der Waals surface area contributed by atoms with Crippen molar-refractivity contribution in [1.29, 1.82) is 0 Å². The Kier molecular flexibility index (Phi) is 2.90. The molecule has 6 heteroatoms. The first-order chi connectivity index (χ1) is 12.6. The van der Waals surface area contributed by atoms with Crippen LogP contribution in [0.15, 0.2) is 58.1 Å². The molecule has 5 rings (SSSR count). The average molecular weight is 361 g/mol. The van der Waals surface area contributed by atoms with Crippen LogP contribution in [0.4, 0.5) is 0 Å². The van der Waals surface area contributed by atoms with Crippen molar-refractivity contribution in [2.45, 2.75) is 0 Å². The van der Waals surface area contributed by atoms with E-state index < -0.39 is 10.9 Å². The lowest BCUT2D eigenvalue weighted by atomic mass is 10.00. The number of phenols is 2. The van der Waals surface area contributed by atoms with Crippen LogP contribution in [0.3, 0.4) is 0 Å². The van der Waals surface area contributed by atoms with Gasteiger partial charge in [0.15, 0.2) is 5.43 Å². The first-order valence-electron chi connectivity index (χ1n) is 7.91. The second-order valence-corrected chi connectivity index (χ2v) is 7.18. The number of hydrogen-bond donors (Lipinski definition) is 3. The maximum absolute atomic E-state index is 13.1. The molecule has 0 saturated heterocycles. The van der Waals surface area contributed by atoms with E-state index in [1.54, 1.807) is 0 Å². The van der Waals surface area contributed by atoms with Gasteiger partial charge in [-0.2, -0.15) is 0 Å². The molecule has 0 spiro atoms. The van der Waals surface area contributed by atoms with E-state index in [4.69, 9.17) is 0 Å². The first kappa shape index (κ1) is 14.9. The maximum atomic E-state index is 13.1. The van der Waals surface area contributed by atoms with Gasteiger partial charge in [-0.3, -0.25) is 9.59 Å². The van der Waals surface area contributed by atoms with Gasteiger partial charge in [0.05, 0.1) is 36.6 Å². The molecular weight excluding hydrogens is 350 g/mol. The Bertz CT molecular complexity index is 1500. The topological polar surface area (TPSA) is 90.4 Å². The Hall–Kier alpha value is -3.38. The fourth-order valence-corrected chi connectivity index (χ4v) is 4.48. The Morgan fingerprint density at radius 2 is 1.58 bits per heavy atom.